The van der Waals surface area contributed by atoms with Gasteiger partial charge >= 0.3 is 0 Å². The Morgan fingerprint density at radius 2 is 1.85 bits per heavy atom. The summed E-state index contributed by atoms with van der Waals surface area (Å²) in [4.78, 5) is 15.2. The van der Waals surface area contributed by atoms with E-state index in [-0.39, 0.29) is 11.6 Å². The van der Waals surface area contributed by atoms with Crippen molar-refractivity contribution >= 4 is 28.3 Å². The zero-order valence-corrected chi connectivity index (χ0v) is 11.5. The Labute approximate surface area is 120 Å². The minimum absolute atomic E-state index is 0.0576. The molecule has 0 radical (unpaired) electrons. The maximum absolute atomic E-state index is 13.0. The Kier molecular flexibility index (Phi) is 3.07. The molecule has 3 aromatic rings. The summed E-state index contributed by atoms with van der Waals surface area (Å²) in [7, 11) is 0. The molecule has 0 unspecified atom stereocenters. The van der Waals surface area contributed by atoms with E-state index >= 15 is 0 Å². The molecule has 0 amide bonds. The van der Waals surface area contributed by atoms with Gasteiger partial charge in [0.1, 0.15) is 5.82 Å². The molecule has 0 atom stereocenters. The number of aromatic amines is 1. The molecule has 0 bridgehead atoms. The van der Waals surface area contributed by atoms with Gasteiger partial charge in [-0.1, -0.05) is 11.6 Å². The Hall–Kier alpha value is -2.13. The first-order valence-corrected chi connectivity index (χ1v) is 6.52. The topological polar surface area (TPSA) is 32.9 Å². The van der Waals surface area contributed by atoms with Crippen LogP contribution in [-0.4, -0.2) is 10.8 Å². The summed E-state index contributed by atoms with van der Waals surface area (Å²) in [5.74, 6) is -0.366. The Balaban J connectivity index is 2.32. The number of carbonyl (C=O) groups excluding carboxylic acids is 1. The minimum Gasteiger partial charge on any atom is -0.354 e. The lowest BCUT2D eigenvalue weighted by molar-refractivity contribution is 0.102. The molecule has 3 rings (SSSR count). The monoisotopic (exact) mass is 287 g/mol. The van der Waals surface area contributed by atoms with Gasteiger partial charge in [0.15, 0.2) is 5.78 Å². The van der Waals surface area contributed by atoms with Crippen LogP contribution in [0.15, 0.2) is 42.5 Å². The van der Waals surface area contributed by atoms with Gasteiger partial charge in [-0.15, -0.1) is 0 Å². The summed E-state index contributed by atoms with van der Waals surface area (Å²) in [5, 5.41) is 1.36. The summed E-state index contributed by atoms with van der Waals surface area (Å²) >= 11 is 6.00. The van der Waals surface area contributed by atoms with Crippen molar-refractivity contribution in [1.82, 2.24) is 4.98 Å². The second-order valence-corrected chi connectivity index (χ2v) is 5.06. The Bertz CT molecular complexity index is 805. The molecule has 0 saturated heterocycles. The number of H-pyrrole nitrogens is 1. The molecule has 0 fully saturated rings. The largest absolute Gasteiger partial charge is 0.354 e. The van der Waals surface area contributed by atoms with Crippen molar-refractivity contribution in [3.63, 3.8) is 0 Å². The molecule has 0 aliphatic carbocycles. The molecular formula is C16H11ClFNO. The number of benzene rings is 2. The van der Waals surface area contributed by atoms with Crippen LogP contribution in [0.2, 0.25) is 5.02 Å². The van der Waals surface area contributed by atoms with Crippen LogP contribution in [0.5, 0.6) is 0 Å². The molecule has 1 heterocycles. The number of rotatable bonds is 2. The Morgan fingerprint density at radius 3 is 2.50 bits per heavy atom. The summed E-state index contributed by atoms with van der Waals surface area (Å²) in [6.45, 7) is 1.51. The van der Waals surface area contributed by atoms with Crippen molar-refractivity contribution < 1.29 is 9.18 Å². The zero-order valence-electron chi connectivity index (χ0n) is 10.7. The van der Waals surface area contributed by atoms with Crippen LogP contribution in [0.3, 0.4) is 0 Å². The van der Waals surface area contributed by atoms with Gasteiger partial charge < -0.3 is 4.98 Å². The number of fused-ring (bicyclic) bond motifs is 1. The van der Waals surface area contributed by atoms with Gasteiger partial charge in [-0.25, -0.2) is 4.39 Å². The fourth-order valence-electron chi connectivity index (χ4n) is 2.36. The van der Waals surface area contributed by atoms with Gasteiger partial charge in [0, 0.05) is 15.9 Å². The number of aromatic nitrogens is 1. The fraction of sp³-hybridized carbons (Fsp3) is 0.0625. The van der Waals surface area contributed by atoms with Crippen LogP contribution in [0.4, 0.5) is 4.39 Å². The van der Waals surface area contributed by atoms with Crippen molar-refractivity contribution in [3.05, 3.63) is 58.9 Å². The van der Waals surface area contributed by atoms with Crippen LogP contribution in [-0.2, 0) is 0 Å². The molecule has 100 valence electrons. The lowest BCUT2D eigenvalue weighted by Crippen LogP contribution is -1.94. The molecule has 2 aromatic carbocycles. The van der Waals surface area contributed by atoms with E-state index in [1.54, 1.807) is 24.3 Å². The predicted octanol–water partition coefficient (Wildman–Crippen LogP) is 4.83. The van der Waals surface area contributed by atoms with E-state index in [2.05, 4.69) is 4.98 Å². The van der Waals surface area contributed by atoms with Crippen molar-refractivity contribution in [1.29, 1.82) is 0 Å². The fourth-order valence-corrected chi connectivity index (χ4v) is 2.53. The molecule has 0 aliphatic heterocycles. The van der Waals surface area contributed by atoms with Crippen LogP contribution in [0.25, 0.3) is 22.2 Å². The third kappa shape index (κ3) is 2.10. The smallest absolute Gasteiger partial charge is 0.162 e. The summed E-state index contributed by atoms with van der Waals surface area (Å²) < 4.78 is 13.0. The van der Waals surface area contributed by atoms with Crippen molar-refractivity contribution in [3.8, 4) is 11.3 Å². The summed E-state index contributed by atoms with van der Waals surface area (Å²) in [5.41, 5.74) is 2.87. The number of hydrogen-bond donors (Lipinski definition) is 1. The van der Waals surface area contributed by atoms with Crippen LogP contribution < -0.4 is 0 Å². The van der Waals surface area contributed by atoms with E-state index in [1.807, 2.05) is 6.07 Å². The molecule has 0 saturated carbocycles. The third-order valence-corrected chi connectivity index (χ3v) is 3.48. The van der Waals surface area contributed by atoms with Crippen LogP contribution in [0, 0.1) is 5.82 Å². The quantitative estimate of drug-likeness (QED) is 0.673. The molecule has 4 heteroatoms. The lowest BCUT2D eigenvalue weighted by Gasteiger charge is -2.02. The lowest BCUT2D eigenvalue weighted by atomic mass is 10.0. The standard InChI is InChI=1S/C16H11ClFNO/c1-9(20)15-13-8-11(17)4-7-14(13)19-16(15)10-2-5-12(18)6-3-10/h2-8,19H,1H3. The van der Waals surface area contributed by atoms with E-state index in [0.717, 1.165) is 16.5 Å². The highest BCUT2D eigenvalue weighted by molar-refractivity contribution is 6.31. The summed E-state index contributed by atoms with van der Waals surface area (Å²) in [6.07, 6.45) is 0. The maximum atomic E-state index is 13.0. The van der Waals surface area contributed by atoms with Gasteiger partial charge in [-0.05, 0) is 55.0 Å². The third-order valence-electron chi connectivity index (χ3n) is 3.25. The van der Waals surface area contributed by atoms with Gasteiger partial charge in [0.2, 0.25) is 0 Å². The molecule has 0 spiro atoms. The van der Waals surface area contributed by atoms with Gasteiger partial charge in [-0.3, -0.25) is 4.79 Å². The average Bonchev–Trinajstić information content (AvgIpc) is 2.78. The van der Waals surface area contributed by atoms with E-state index < -0.39 is 0 Å². The SMILES string of the molecule is CC(=O)c1c(-c2ccc(F)cc2)[nH]c2ccc(Cl)cc12. The number of carbonyl (C=O) groups is 1. The number of Topliss-reactive ketones (excluding diaryl/α,β-unsaturated/α-hetero) is 1. The highest BCUT2D eigenvalue weighted by Crippen LogP contribution is 2.32. The average molecular weight is 288 g/mol. The predicted molar refractivity (Wildman–Crippen MR) is 78.7 cm³/mol. The molecule has 2 nitrogen and oxygen atoms in total. The Morgan fingerprint density at radius 1 is 1.15 bits per heavy atom. The van der Waals surface area contributed by atoms with Crippen molar-refractivity contribution in [2.45, 2.75) is 6.92 Å². The maximum Gasteiger partial charge on any atom is 0.162 e. The first kappa shape index (κ1) is 12.9. The van der Waals surface area contributed by atoms with Crippen molar-refractivity contribution in [2.24, 2.45) is 0 Å². The molecule has 20 heavy (non-hydrogen) atoms. The minimum atomic E-state index is -0.308. The molecule has 1 N–H and O–H groups in total. The van der Waals surface area contributed by atoms with Crippen LogP contribution >= 0.6 is 11.6 Å². The second kappa shape index (κ2) is 4.76. The molecule has 1 aromatic heterocycles. The second-order valence-electron chi connectivity index (χ2n) is 4.63. The zero-order chi connectivity index (χ0) is 14.3. The molecule has 0 aliphatic rings. The van der Waals surface area contributed by atoms with E-state index in [4.69, 9.17) is 11.6 Å². The van der Waals surface area contributed by atoms with Crippen molar-refractivity contribution in [2.75, 3.05) is 0 Å². The molecular weight excluding hydrogens is 277 g/mol. The van der Waals surface area contributed by atoms with E-state index in [9.17, 15) is 9.18 Å². The number of halogens is 2. The number of hydrogen-bond acceptors (Lipinski definition) is 1. The highest BCUT2D eigenvalue weighted by Gasteiger charge is 2.17. The number of nitrogens with one attached hydrogen (secondary N) is 1. The normalized spacial score (nSPS) is 10.9. The first-order chi connectivity index (χ1) is 9.56. The number of ketones is 1. The summed E-state index contributed by atoms with van der Waals surface area (Å²) in [6, 6.07) is 11.4. The van der Waals surface area contributed by atoms with E-state index in [0.29, 0.717) is 16.3 Å². The van der Waals surface area contributed by atoms with Gasteiger partial charge in [-0.2, -0.15) is 0 Å². The first-order valence-electron chi connectivity index (χ1n) is 6.14. The van der Waals surface area contributed by atoms with Gasteiger partial charge in [0.25, 0.3) is 0 Å². The van der Waals surface area contributed by atoms with Crippen LogP contribution in [0.1, 0.15) is 17.3 Å². The van der Waals surface area contributed by atoms with Gasteiger partial charge in [0.05, 0.1) is 11.3 Å². The van der Waals surface area contributed by atoms with E-state index in [1.165, 1.54) is 19.1 Å². The highest BCUT2D eigenvalue weighted by atomic mass is 35.5.